The molecule has 4 nitrogen and oxygen atoms in total. The fourth-order valence-corrected chi connectivity index (χ4v) is 4.66. The lowest BCUT2D eigenvalue weighted by molar-refractivity contribution is -0.124. The molecule has 1 saturated heterocycles. The molecule has 1 aliphatic heterocycles. The predicted molar refractivity (Wildman–Crippen MR) is 124 cm³/mol. The van der Waals surface area contributed by atoms with Gasteiger partial charge in [-0.2, -0.15) is 0 Å². The molecule has 0 N–H and O–H groups in total. The summed E-state index contributed by atoms with van der Waals surface area (Å²) in [5, 5.41) is 0.949. The van der Waals surface area contributed by atoms with Crippen molar-refractivity contribution in [2.45, 2.75) is 44.8 Å². The largest absolute Gasteiger partial charge is 0.487 e. The summed E-state index contributed by atoms with van der Waals surface area (Å²) in [6, 6.07) is 11.9. The van der Waals surface area contributed by atoms with Crippen LogP contribution in [0, 0.1) is 5.82 Å². The molecule has 4 rings (SSSR count). The predicted octanol–water partition coefficient (Wildman–Crippen LogP) is 5.79. The minimum Gasteiger partial charge on any atom is -0.487 e. The van der Waals surface area contributed by atoms with Gasteiger partial charge in [-0.05, 0) is 54.9 Å². The lowest BCUT2D eigenvalue weighted by Crippen LogP contribution is -2.41. The van der Waals surface area contributed by atoms with Gasteiger partial charge in [0, 0.05) is 18.7 Å². The summed E-state index contributed by atoms with van der Waals surface area (Å²) in [6.45, 7) is 0.0820. The van der Waals surface area contributed by atoms with Crippen LogP contribution in [0.5, 0.6) is 5.75 Å². The third-order valence-corrected chi connectivity index (χ3v) is 6.60. The van der Waals surface area contributed by atoms with Crippen LogP contribution in [0.25, 0.3) is 6.08 Å². The minimum absolute atomic E-state index is 0.0598. The first kappa shape index (κ1) is 21.8. The molecule has 0 spiro atoms. The van der Waals surface area contributed by atoms with Crippen molar-refractivity contribution in [3.8, 4) is 5.75 Å². The van der Waals surface area contributed by atoms with Crippen LogP contribution in [0.1, 0.15) is 43.2 Å². The van der Waals surface area contributed by atoms with Crippen molar-refractivity contribution in [1.82, 2.24) is 9.80 Å². The van der Waals surface area contributed by atoms with Gasteiger partial charge in [-0.15, -0.1) is 0 Å². The van der Waals surface area contributed by atoms with Gasteiger partial charge in [-0.1, -0.05) is 55.1 Å². The van der Waals surface area contributed by atoms with Gasteiger partial charge >= 0.3 is 0 Å². The number of thiocarbonyl (C=S) groups is 1. The van der Waals surface area contributed by atoms with Crippen LogP contribution in [-0.4, -0.2) is 33.9 Å². The molecule has 1 aliphatic carbocycles. The number of carbonyl (C=O) groups excluding carboxylic acids is 1. The summed E-state index contributed by atoms with van der Waals surface area (Å²) in [5.41, 5.74) is 1.76. The zero-order valence-corrected chi connectivity index (χ0v) is 18.9. The topological polar surface area (TPSA) is 32.8 Å². The number of likely N-dealkylation sites (N-methyl/N-ethyl adjacent to an activating group) is 1. The Morgan fingerprint density at radius 2 is 1.94 bits per heavy atom. The average molecular weight is 459 g/mol. The number of hydrogen-bond donors (Lipinski definition) is 0. The van der Waals surface area contributed by atoms with Crippen LogP contribution < -0.4 is 4.74 Å². The van der Waals surface area contributed by atoms with Gasteiger partial charge in [0.25, 0.3) is 5.91 Å². The van der Waals surface area contributed by atoms with Crippen LogP contribution in [0.2, 0.25) is 5.02 Å². The molecule has 0 unspecified atom stereocenters. The number of halogens is 2. The maximum absolute atomic E-state index is 13.8. The first-order chi connectivity index (χ1) is 15.0. The monoisotopic (exact) mass is 458 g/mol. The van der Waals surface area contributed by atoms with Gasteiger partial charge in [-0.25, -0.2) is 4.39 Å². The van der Waals surface area contributed by atoms with E-state index in [0.29, 0.717) is 27.1 Å². The van der Waals surface area contributed by atoms with Crippen LogP contribution >= 0.6 is 23.8 Å². The Bertz CT molecular complexity index is 1040. The lowest BCUT2D eigenvalue weighted by atomic mass is 9.94. The number of ether oxygens (including phenoxy) is 1. The summed E-state index contributed by atoms with van der Waals surface area (Å²) >= 11 is 12.0. The molecule has 1 amide bonds. The molecule has 0 bridgehead atoms. The van der Waals surface area contributed by atoms with E-state index >= 15 is 0 Å². The molecule has 162 valence electrons. The van der Waals surface area contributed by atoms with E-state index in [-0.39, 0.29) is 24.4 Å². The summed E-state index contributed by atoms with van der Waals surface area (Å²) in [7, 11) is 1.82. The van der Waals surface area contributed by atoms with E-state index in [2.05, 4.69) is 0 Å². The summed E-state index contributed by atoms with van der Waals surface area (Å²) < 4.78 is 19.5. The van der Waals surface area contributed by atoms with E-state index in [1.165, 1.54) is 12.5 Å². The number of benzene rings is 2. The first-order valence-corrected chi connectivity index (χ1v) is 11.2. The Morgan fingerprint density at radius 3 is 2.65 bits per heavy atom. The van der Waals surface area contributed by atoms with E-state index in [1.807, 2.05) is 13.1 Å². The van der Waals surface area contributed by atoms with Crippen molar-refractivity contribution in [3.63, 3.8) is 0 Å². The van der Waals surface area contributed by atoms with Crippen LogP contribution in [0.4, 0.5) is 4.39 Å². The summed E-state index contributed by atoms with van der Waals surface area (Å²) in [4.78, 5) is 16.6. The molecular formula is C24H24ClFN2O2S. The van der Waals surface area contributed by atoms with Gasteiger partial charge < -0.3 is 9.64 Å². The van der Waals surface area contributed by atoms with Gasteiger partial charge in [0.15, 0.2) is 5.11 Å². The highest BCUT2D eigenvalue weighted by atomic mass is 35.5. The molecule has 0 atom stereocenters. The van der Waals surface area contributed by atoms with Crippen molar-refractivity contribution < 1.29 is 13.9 Å². The molecule has 1 heterocycles. The number of amides is 1. The molecule has 31 heavy (non-hydrogen) atoms. The SMILES string of the molecule is CN1C(=S)N(C2CCCCC2)C(=O)/C1=C/c1ccc(OCc2ccccc2F)c(Cl)c1. The lowest BCUT2D eigenvalue weighted by Gasteiger charge is -2.30. The van der Waals surface area contributed by atoms with Crippen LogP contribution in [-0.2, 0) is 11.4 Å². The highest BCUT2D eigenvalue weighted by Gasteiger charge is 2.40. The molecule has 2 aliphatic rings. The Labute approximate surface area is 192 Å². The average Bonchev–Trinajstić information content (AvgIpc) is 2.98. The zero-order valence-electron chi connectivity index (χ0n) is 17.3. The quantitative estimate of drug-likeness (QED) is 0.419. The van der Waals surface area contributed by atoms with E-state index in [9.17, 15) is 9.18 Å². The zero-order chi connectivity index (χ0) is 22.0. The second kappa shape index (κ2) is 9.37. The maximum atomic E-state index is 13.8. The van der Waals surface area contributed by atoms with Crippen molar-refractivity contribution in [1.29, 1.82) is 0 Å². The molecule has 2 fully saturated rings. The van der Waals surface area contributed by atoms with Crippen LogP contribution in [0.15, 0.2) is 48.2 Å². The second-order valence-electron chi connectivity index (χ2n) is 7.91. The van der Waals surface area contributed by atoms with Crippen molar-refractivity contribution in [2.24, 2.45) is 0 Å². The Kier molecular flexibility index (Phi) is 6.58. The molecule has 7 heteroatoms. The standard InChI is InChI=1S/C24H24ClFN2O2S/c1-27-21(23(29)28(24(27)31)18-8-3-2-4-9-18)14-16-11-12-22(19(25)13-16)30-15-17-7-5-6-10-20(17)26/h5-7,10-14,18H,2-4,8-9,15H2,1H3/b21-14-. The Morgan fingerprint density at radius 1 is 1.19 bits per heavy atom. The van der Waals surface area contributed by atoms with Crippen molar-refractivity contribution >= 4 is 40.9 Å². The molecule has 0 aromatic heterocycles. The van der Waals surface area contributed by atoms with E-state index in [0.717, 1.165) is 31.2 Å². The van der Waals surface area contributed by atoms with E-state index in [1.54, 1.807) is 46.2 Å². The van der Waals surface area contributed by atoms with Gasteiger partial charge in [0.2, 0.25) is 0 Å². The van der Waals surface area contributed by atoms with Crippen molar-refractivity contribution in [3.05, 3.63) is 70.1 Å². The smallest absolute Gasteiger partial charge is 0.277 e. The highest BCUT2D eigenvalue weighted by Crippen LogP contribution is 2.32. The number of hydrogen-bond acceptors (Lipinski definition) is 3. The van der Waals surface area contributed by atoms with Gasteiger partial charge in [0.05, 0.1) is 5.02 Å². The number of nitrogens with zero attached hydrogens (tertiary/aromatic N) is 2. The normalized spacial score (nSPS) is 18.9. The van der Waals surface area contributed by atoms with E-state index < -0.39 is 0 Å². The fraction of sp³-hybridized carbons (Fsp3) is 0.333. The van der Waals surface area contributed by atoms with Crippen molar-refractivity contribution in [2.75, 3.05) is 7.05 Å². The fourth-order valence-electron chi connectivity index (χ4n) is 4.09. The molecule has 2 aromatic carbocycles. The maximum Gasteiger partial charge on any atom is 0.277 e. The minimum atomic E-state index is -0.318. The van der Waals surface area contributed by atoms with Gasteiger partial charge in [0.1, 0.15) is 23.9 Å². The highest BCUT2D eigenvalue weighted by molar-refractivity contribution is 7.80. The number of carbonyl (C=O) groups is 1. The number of rotatable bonds is 5. The first-order valence-electron chi connectivity index (χ1n) is 10.4. The van der Waals surface area contributed by atoms with Gasteiger partial charge in [-0.3, -0.25) is 9.69 Å². The molecule has 0 radical (unpaired) electrons. The molecular weight excluding hydrogens is 435 g/mol. The summed E-state index contributed by atoms with van der Waals surface area (Å²) in [5.74, 6) is 0.0779. The Balaban J connectivity index is 1.50. The summed E-state index contributed by atoms with van der Waals surface area (Å²) in [6.07, 6.45) is 7.25. The third kappa shape index (κ3) is 4.60. The Hall–Kier alpha value is -2.44. The van der Waals surface area contributed by atoms with E-state index in [4.69, 9.17) is 28.6 Å². The third-order valence-electron chi connectivity index (χ3n) is 5.83. The second-order valence-corrected chi connectivity index (χ2v) is 8.68. The molecule has 1 saturated carbocycles. The van der Waals surface area contributed by atoms with Crippen LogP contribution in [0.3, 0.4) is 0 Å². The molecule has 2 aromatic rings.